The Bertz CT molecular complexity index is 361. The Morgan fingerprint density at radius 1 is 1.50 bits per heavy atom. The second-order valence-corrected chi connectivity index (χ2v) is 4.97. The lowest BCUT2D eigenvalue weighted by atomic mass is 10.2. The van der Waals surface area contributed by atoms with Gasteiger partial charge in [0.2, 0.25) is 0 Å². The molecule has 1 rings (SSSR count). The van der Waals surface area contributed by atoms with Crippen molar-refractivity contribution < 1.29 is 9.53 Å². The van der Waals surface area contributed by atoms with Crippen LogP contribution in [0.4, 0.5) is 0 Å². The first kappa shape index (κ1) is 12.8. The quantitative estimate of drug-likeness (QED) is 0.446. The van der Waals surface area contributed by atoms with Crippen molar-refractivity contribution in [2.24, 2.45) is 0 Å². The molecule has 0 amide bonds. The summed E-state index contributed by atoms with van der Waals surface area (Å²) < 4.78 is 4.31. The van der Waals surface area contributed by atoms with Gasteiger partial charge in [-0.2, -0.15) is 0 Å². The van der Waals surface area contributed by atoms with Crippen LogP contribution >= 0.6 is 11.8 Å². The molecule has 0 bridgehead atoms. The molecule has 0 aliphatic heterocycles. The second-order valence-electron chi connectivity index (χ2n) is 3.45. The molecule has 0 radical (unpaired) electrons. The zero-order valence-electron chi connectivity index (χ0n) is 9.60. The minimum absolute atomic E-state index is 0.251. The van der Waals surface area contributed by atoms with Gasteiger partial charge in [0.1, 0.15) is 4.75 Å². The van der Waals surface area contributed by atoms with Crippen molar-refractivity contribution in [1.29, 1.82) is 0 Å². The number of benzene rings is 1. The molecule has 0 spiro atoms. The van der Waals surface area contributed by atoms with Crippen molar-refractivity contribution in [3.05, 3.63) is 43.0 Å². The van der Waals surface area contributed by atoms with Gasteiger partial charge in [0.15, 0.2) is 0 Å². The van der Waals surface area contributed by atoms with Crippen molar-refractivity contribution in [2.75, 3.05) is 6.61 Å². The van der Waals surface area contributed by atoms with Gasteiger partial charge in [-0.25, -0.2) is 0 Å². The minimum Gasteiger partial charge on any atom is -0.465 e. The Hall–Kier alpha value is -1.22. The standard InChI is InChI=1S/C13H16O2S/c1-4-13(3,12(14)15-5-2)16-11-9-7-6-8-10-11/h4,6-10H,1,5H2,2-3H3. The van der Waals surface area contributed by atoms with Gasteiger partial charge in [0.25, 0.3) is 0 Å². The highest BCUT2D eigenvalue weighted by Crippen LogP contribution is 2.34. The fourth-order valence-electron chi connectivity index (χ4n) is 1.17. The van der Waals surface area contributed by atoms with Crippen molar-refractivity contribution in [2.45, 2.75) is 23.5 Å². The number of hydrogen-bond acceptors (Lipinski definition) is 3. The smallest absolute Gasteiger partial charge is 0.326 e. The monoisotopic (exact) mass is 236 g/mol. The number of carbonyl (C=O) groups is 1. The topological polar surface area (TPSA) is 26.3 Å². The summed E-state index contributed by atoms with van der Waals surface area (Å²) in [6.07, 6.45) is 1.63. The van der Waals surface area contributed by atoms with E-state index in [1.54, 1.807) is 13.0 Å². The molecule has 0 heterocycles. The van der Waals surface area contributed by atoms with Gasteiger partial charge < -0.3 is 4.74 Å². The van der Waals surface area contributed by atoms with Crippen LogP contribution in [0.5, 0.6) is 0 Å². The Labute approximate surface area is 101 Å². The van der Waals surface area contributed by atoms with E-state index in [0.717, 1.165) is 4.90 Å². The van der Waals surface area contributed by atoms with Crippen LogP contribution in [0.3, 0.4) is 0 Å². The van der Waals surface area contributed by atoms with Crippen molar-refractivity contribution in [3.63, 3.8) is 0 Å². The van der Waals surface area contributed by atoms with Crippen LogP contribution in [-0.4, -0.2) is 17.3 Å². The molecule has 0 aromatic heterocycles. The average Bonchev–Trinajstić information content (AvgIpc) is 2.30. The molecule has 0 aliphatic rings. The van der Waals surface area contributed by atoms with Crippen molar-refractivity contribution >= 4 is 17.7 Å². The zero-order valence-corrected chi connectivity index (χ0v) is 10.4. The lowest BCUT2D eigenvalue weighted by Crippen LogP contribution is -2.31. The van der Waals surface area contributed by atoms with E-state index in [2.05, 4.69) is 6.58 Å². The molecule has 1 unspecified atom stereocenters. The summed E-state index contributed by atoms with van der Waals surface area (Å²) in [5.41, 5.74) is 0. The maximum atomic E-state index is 11.8. The number of esters is 1. The summed E-state index contributed by atoms with van der Waals surface area (Å²) in [5.74, 6) is -0.251. The molecule has 86 valence electrons. The molecule has 0 saturated heterocycles. The van der Waals surface area contributed by atoms with E-state index in [0.29, 0.717) is 6.61 Å². The zero-order chi connectivity index (χ0) is 12.0. The first-order valence-electron chi connectivity index (χ1n) is 5.17. The summed E-state index contributed by atoms with van der Waals surface area (Å²) in [5, 5.41) is 0. The summed E-state index contributed by atoms with van der Waals surface area (Å²) in [4.78, 5) is 12.8. The molecule has 0 fully saturated rings. The number of hydrogen-bond donors (Lipinski definition) is 0. The third-order valence-electron chi connectivity index (χ3n) is 2.14. The highest BCUT2D eigenvalue weighted by molar-refractivity contribution is 8.01. The first-order valence-corrected chi connectivity index (χ1v) is 5.99. The van der Waals surface area contributed by atoms with Gasteiger partial charge in [-0.15, -0.1) is 18.3 Å². The summed E-state index contributed by atoms with van der Waals surface area (Å²) in [6.45, 7) is 7.71. The molecule has 1 aromatic carbocycles. The van der Waals surface area contributed by atoms with Crippen molar-refractivity contribution in [3.8, 4) is 0 Å². The minimum atomic E-state index is -0.725. The maximum Gasteiger partial charge on any atom is 0.326 e. The lowest BCUT2D eigenvalue weighted by molar-refractivity contribution is -0.144. The average molecular weight is 236 g/mol. The van der Waals surface area contributed by atoms with E-state index in [9.17, 15) is 4.79 Å². The third-order valence-corrected chi connectivity index (χ3v) is 3.41. The Balaban J connectivity index is 2.82. The van der Waals surface area contributed by atoms with Gasteiger partial charge in [-0.3, -0.25) is 4.79 Å². The Morgan fingerprint density at radius 2 is 2.12 bits per heavy atom. The largest absolute Gasteiger partial charge is 0.465 e. The molecule has 3 heteroatoms. The molecule has 0 N–H and O–H groups in total. The van der Waals surface area contributed by atoms with E-state index in [4.69, 9.17) is 4.74 Å². The van der Waals surface area contributed by atoms with E-state index in [1.165, 1.54) is 11.8 Å². The van der Waals surface area contributed by atoms with Crippen LogP contribution < -0.4 is 0 Å². The van der Waals surface area contributed by atoms with E-state index in [-0.39, 0.29) is 5.97 Å². The normalized spacial score (nSPS) is 13.9. The van der Waals surface area contributed by atoms with Crippen LogP contribution in [0.2, 0.25) is 0 Å². The second kappa shape index (κ2) is 5.75. The predicted octanol–water partition coefficient (Wildman–Crippen LogP) is 3.29. The van der Waals surface area contributed by atoms with E-state index < -0.39 is 4.75 Å². The number of carbonyl (C=O) groups excluding carboxylic acids is 1. The maximum absolute atomic E-state index is 11.8. The predicted molar refractivity (Wildman–Crippen MR) is 67.5 cm³/mol. The van der Waals surface area contributed by atoms with Gasteiger partial charge in [-0.05, 0) is 26.0 Å². The molecule has 2 nitrogen and oxygen atoms in total. The van der Waals surface area contributed by atoms with E-state index in [1.807, 2.05) is 37.3 Å². The number of thioether (sulfide) groups is 1. The highest BCUT2D eigenvalue weighted by atomic mass is 32.2. The third kappa shape index (κ3) is 3.14. The van der Waals surface area contributed by atoms with Gasteiger partial charge in [-0.1, -0.05) is 24.3 Å². The fraction of sp³-hybridized carbons (Fsp3) is 0.308. The summed E-state index contributed by atoms with van der Waals surface area (Å²) >= 11 is 1.45. The molecular weight excluding hydrogens is 220 g/mol. The Morgan fingerprint density at radius 3 is 2.62 bits per heavy atom. The molecule has 1 atom stereocenters. The van der Waals surface area contributed by atoms with Crippen molar-refractivity contribution in [1.82, 2.24) is 0 Å². The summed E-state index contributed by atoms with van der Waals surface area (Å²) in [7, 11) is 0. The van der Waals surface area contributed by atoms with Gasteiger partial charge >= 0.3 is 5.97 Å². The molecule has 16 heavy (non-hydrogen) atoms. The molecule has 1 aromatic rings. The first-order chi connectivity index (χ1) is 7.62. The SMILES string of the molecule is C=CC(C)(Sc1ccccc1)C(=O)OCC. The molecule has 0 saturated carbocycles. The summed E-state index contributed by atoms with van der Waals surface area (Å²) in [6, 6.07) is 9.75. The van der Waals surface area contributed by atoms with Gasteiger partial charge in [0.05, 0.1) is 6.61 Å². The lowest BCUT2D eigenvalue weighted by Gasteiger charge is -2.22. The molecular formula is C13H16O2S. The highest BCUT2D eigenvalue weighted by Gasteiger charge is 2.32. The Kier molecular flexibility index (Phi) is 4.62. The van der Waals surface area contributed by atoms with Crippen LogP contribution in [0.15, 0.2) is 47.9 Å². The van der Waals surface area contributed by atoms with E-state index >= 15 is 0 Å². The van der Waals surface area contributed by atoms with Crippen LogP contribution in [0, 0.1) is 0 Å². The number of rotatable bonds is 5. The van der Waals surface area contributed by atoms with Crippen LogP contribution in [-0.2, 0) is 9.53 Å². The fourth-order valence-corrected chi connectivity index (χ4v) is 2.18. The van der Waals surface area contributed by atoms with Crippen LogP contribution in [0.1, 0.15) is 13.8 Å². The van der Waals surface area contributed by atoms with Gasteiger partial charge in [0, 0.05) is 4.90 Å². The number of ether oxygens (including phenoxy) is 1. The molecule has 0 aliphatic carbocycles. The van der Waals surface area contributed by atoms with Crippen LogP contribution in [0.25, 0.3) is 0 Å².